The Morgan fingerprint density at radius 3 is 2.50 bits per heavy atom. The van der Waals surface area contributed by atoms with Gasteiger partial charge in [-0.15, -0.1) is 0 Å². The van der Waals surface area contributed by atoms with Crippen LogP contribution in [0.5, 0.6) is 0 Å². The van der Waals surface area contributed by atoms with Gasteiger partial charge in [0.25, 0.3) is 0 Å². The fourth-order valence-corrected chi connectivity index (χ4v) is 2.12. The van der Waals surface area contributed by atoms with E-state index in [1.54, 1.807) is 24.3 Å². The number of halogens is 2. The second kappa shape index (κ2) is 5.40. The quantitative estimate of drug-likeness (QED) is 0.712. The molecule has 6 heteroatoms. The van der Waals surface area contributed by atoms with E-state index in [-0.39, 0.29) is 17.1 Å². The minimum atomic E-state index is -0.711. The molecule has 0 aliphatic rings. The van der Waals surface area contributed by atoms with Crippen LogP contribution in [0.1, 0.15) is 0 Å². The molecule has 0 fully saturated rings. The molecule has 4 N–H and O–H groups in total. The van der Waals surface area contributed by atoms with Crippen molar-refractivity contribution in [1.82, 2.24) is 9.97 Å². The number of aromatic nitrogens is 2. The summed E-state index contributed by atoms with van der Waals surface area (Å²) in [5, 5.41) is 0. The van der Waals surface area contributed by atoms with Crippen LogP contribution in [0.2, 0.25) is 0 Å². The number of rotatable bonds is 2. The second-order valence-corrected chi connectivity index (χ2v) is 4.74. The topological polar surface area (TPSA) is 77.8 Å². The first-order chi connectivity index (χ1) is 10.5. The molecule has 0 radical (unpaired) electrons. The summed E-state index contributed by atoms with van der Waals surface area (Å²) in [6.07, 6.45) is 1.35. The minimum Gasteiger partial charge on any atom is -0.399 e. The summed E-state index contributed by atoms with van der Waals surface area (Å²) < 4.78 is 26.9. The standard InChI is InChI=1S/C16H12F2N4/c17-10-4-5-12(13(18)7-10)14-8-21-16(20)15(22-14)9-2-1-3-11(19)6-9/h1-8H,19H2,(H2,20,21). The number of nitrogens with two attached hydrogens (primary N) is 2. The Hall–Kier alpha value is -3.02. The molecule has 110 valence electrons. The van der Waals surface area contributed by atoms with Crippen molar-refractivity contribution >= 4 is 11.5 Å². The molecule has 0 saturated carbocycles. The van der Waals surface area contributed by atoms with Crippen LogP contribution >= 0.6 is 0 Å². The second-order valence-electron chi connectivity index (χ2n) is 4.74. The molecule has 3 rings (SSSR count). The Bertz CT molecular complexity index is 849. The molecule has 1 heterocycles. The van der Waals surface area contributed by atoms with Gasteiger partial charge in [0.2, 0.25) is 0 Å². The lowest BCUT2D eigenvalue weighted by Gasteiger charge is -2.08. The van der Waals surface area contributed by atoms with Crippen LogP contribution < -0.4 is 11.5 Å². The fourth-order valence-electron chi connectivity index (χ4n) is 2.12. The molecule has 0 atom stereocenters. The zero-order chi connectivity index (χ0) is 15.7. The Labute approximate surface area is 125 Å². The van der Waals surface area contributed by atoms with Crippen LogP contribution in [0.15, 0.2) is 48.7 Å². The van der Waals surface area contributed by atoms with Crippen LogP contribution in [0.4, 0.5) is 20.3 Å². The minimum absolute atomic E-state index is 0.152. The average Bonchev–Trinajstić information content (AvgIpc) is 2.48. The predicted molar refractivity (Wildman–Crippen MR) is 81.6 cm³/mol. The molecular weight excluding hydrogens is 286 g/mol. The van der Waals surface area contributed by atoms with E-state index in [4.69, 9.17) is 11.5 Å². The van der Waals surface area contributed by atoms with Crippen molar-refractivity contribution in [2.24, 2.45) is 0 Å². The molecule has 0 amide bonds. The summed E-state index contributed by atoms with van der Waals surface area (Å²) in [6.45, 7) is 0. The first-order valence-corrected chi connectivity index (χ1v) is 6.48. The van der Waals surface area contributed by atoms with Gasteiger partial charge in [0, 0.05) is 22.9 Å². The molecule has 2 aromatic carbocycles. The van der Waals surface area contributed by atoms with Crippen LogP contribution in [0.25, 0.3) is 22.5 Å². The molecule has 0 aliphatic carbocycles. The van der Waals surface area contributed by atoms with Crippen molar-refractivity contribution < 1.29 is 8.78 Å². The van der Waals surface area contributed by atoms with Gasteiger partial charge in [-0.3, -0.25) is 0 Å². The zero-order valence-corrected chi connectivity index (χ0v) is 11.4. The fraction of sp³-hybridized carbons (Fsp3) is 0. The van der Waals surface area contributed by atoms with E-state index < -0.39 is 11.6 Å². The van der Waals surface area contributed by atoms with Crippen LogP contribution in [-0.2, 0) is 0 Å². The summed E-state index contributed by atoms with van der Waals surface area (Å²) in [5.74, 6) is -1.16. The van der Waals surface area contributed by atoms with Crippen LogP contribution in [-0.4, -0.2) is 9.97 Å². The average molecular weight is 298 g/mol. The highest BCUT2D eigenvalue weighted by Gasteiger charge is 2.12. The maximum absolute atomic E-state index is 13.9. The molecule has 3 aromatic rings. The van der Waals surface area contributed by atoms with E-state index in [1.807, 2.05) is 0 Å². The van der Waals surface area contributed by atoms with Gasteiger partial charge < -0.3 is 11.5 Å². The highest BCUT2D eigenvalue weighted by atomic mass is 19.1. The van der Waals surface area contributed by atoms with E-state index in [0.717, 1.165) is 12.1 Å². The largest absolute Gasteiger partial charge is 0.399 e. The Morgan fingerprint density at radius 2 is 1.77 bits per heavy atom. The van der Waals surface area contributed by atoms with Crippen LogP contribution in [0, 0.1) is 11.6 Å². The third-order valence-electron chi connectivity index (χ3n) is 3.17. The van der Waals surface area contributed by atoms with Gasteiger partial charge in [0.15, 0.2) is 0 Å². The maximum atomic E-state index is 13.9. The lowest BCUT2D eigenvalue weighted by molar-refractivity contribution is 0.585. The zero-order valence-electron chi connectivity index (χ0n) is 11.4. The lowest BCUT2D eigenvalue weighted by Crippen LogP contribution is -2.00. The third kappa shape index (κ3) is 2.58. The van der Waals surface area contributed by atoms with Crippen molar-refractivity contribution in [3.63, 3.8) is 0 Å². The first-order valence-electron chi connectivity index (χ1n) is 6.48. The Balaban J connectivity index is 2.14. The van der Waals surface area contributed by atoms with E-state index in [9.17, 15) is 8.78 Å². The van der Waals surface area contributed by atoms with Crippen molar-refractivity contribution in [3.05, 3.63) is 60.3 Å². The maximum Gasteiger partial charge on any atom is 0.150 e. The van der Waals surface area contributed by atoms with Crippen molar-refractivity contribution in [3.8, 4) is 22.5 Å². The normalized spacial score (nSPS) is 10.6. The van der Waals surface area contributed by atoms with Gasteiger partial charge >= 0.3 is 0 Å². The van der Waals surface area contributed by atoms with Gasteiger partial charge in [0.05, 0.1) is 11.9 Å². The number of anilines is 2. The van der Waals surface area contributed by atoms with E-state index in [0.29, 0.717) is 16.9 Å². The third-order valence-corrected chi connectivity index (χ3v) is 3.17. The summed E-state index contributed by atoms with van der Waals surface area (Å²) in [7, 11) is 0. The Morgan fingerprint density at radius 1 is 0.955 bits per heavy atom. The van der Waals surface area contributed by atoms with Crippen molar-refractivity contribution in [2.75, 3.05) is 11.5 Å². The van der Waals surface area contributed by atoms with Gasteiger partial charge in [-0.05, 0) is 24.3 Å². The van der Waals surface area contributed by atoms with E-state index in [2.05, 4.69) is 9.97 Å². The number of benzene rings is 2. The van der Waals surface area contributed by atoms with Gasteiger partial charge in [-0.1, -0.05) is 12.1 Å². The molecule has 0 unspecified atom stereocenters. The summed E-state index contributed by atoms with van der Waals surface area (Å²) >= 11 is 0. The van der Waals surface area contributed by atoms with Gasteiger partial charge in [0.1, 0.15) is 23.1 Å². The lowest BCUT2D eigenvalue weighted by atomic mass is 10.1. The molecular formula is C16H12F2N4. The van der Waals surface area contributed by atoms with Gasteiger partial charge in [-0.25, -0.2) is 18.7 Å². The summed E-state index contributed by atoms with van der Waals surface area (Å²) in [5.41, 5.74) is 13.6. The highest BCUT2D eigenvalue weighted by Crippen LogP contribution is 2.28. The number of hydrogen-bond donors (Lipinski definition) is 2. The highest BCUT2D eigenvalue weighted by molar-refractivity contribution is 5.74. The van der Waals surface area contributed by atoms with Crippen molar-refractivity contribution in [1.29, 1.82) is 0 Å². The first kappa shape index (κ1) is 13.9. The molecule has 1 aromatic heterocycles. The summed E-state index contributed by atoms with van der Waals surface area (Å²) in [6, 6.07) is 10.2. The smallest absolute Gasteiger partial charge is 0.150 e. The van der Waals surface area contributed by atoms with E-state index in [1.165, 1.54) is 12.3 Å². The molecule has 22 heavy (non-hydrogen) atoms. The molecule has 4 nitrogen and oxygen atoms in total. The van der Waals surface area contributed by atoms with E-state index >= 15 is 0 Å². The van der Waals surface area contributed by atoms with Crippen LogP contribution in [0.3, 0.4) is 0 Å². The molecule has 0 bridgehead atoms. The van der Waals surface area contributed by atoms with Gasteiger partial charge in [-0.2, -0.15) is 0 Å². The number of nitrogen functional groups attached to an aromatic ring is 2. The number of hydrogen-bond acceptors (Lipinski definition) is 4. The molecule has 0 spiro atoms. The van der Waals surface area contributed by atoms with Crippen molar-refractivity contribution in [2.45, 2.75) is 0 Å². The molecule has 0 saturated heterocycles. The monoisotopic (exact) mass is 298 g/mol. The summed E-state index contributed by atoms with van der Waals surface area (Å²) in [4.78, 5) is 8.38. The molecule has 0 aliphatic heterocycles. The number of nitrogens with zero attached hydrogens (tertiary/aromatic N) is 2. The Kier molecular flexibility index (Phi) is 3.42. The predicted octanol–water partition coefficient (Wildman–Crippen LogP) is 3.25. The SMILES string of the molecule is Nc1cccc(-c2nc(-c3ccc(F)cc3F)cnc2N)c1.